The van der Waals surface area contributed by atoms with Crippen molar-refractivity contribution in [2.24, 2.45) is 0 Å². The largest absolute Gasteiger partial charge is 0.502 e. The Bertz CT molecular complexity index is 1150. The molecule has 140 valence electrons. The molecule has 8 nitrogen and oxygen atoms in total. The molecular weight excluding hydrogens is 364 g/mol. The number of carbonyl (C=O) groups excluding carboxylic acids is 2. The van der Waals surface area contributed by atoms with Gasteiger partial charge in [0.15, 0.2) is 5.75 Å². The van der Waals surface area contributed by atoms with Crippen LogP contribution in [0.4, 0.5) is 11.4 Å². The minimum absolute atomic E-state index is 0.0298. The lowest BCUT2D eigenvalue weighted by molar-refractivity contribution is -0.384. The highest BCUT2D eigenvalue weighted by Gasteiger charge is 2.37. The number of nitro benzene ring substituents is 1. The van der Waals surface area contributed by atoms with Gasteiger partial charge in [0.05, 0.1) is 28.2 Å². The summed E-state index contributed by atoms with van der Waals surface area (Å²) in [4.78, 5) is 37.7. The third-order valence-corrected chi connectivity index (χ3v) is 4.57. The minimum Gasteiger partial charge on any atom is -0.502 e. The summed E-state index contributed by atoms with van der Waals surface area (Å²) in [5.74, 6) is -1.28. The van der Waals surface area contributed by atoms with E-state index >= 15 is 0 Å². The Balaban J connectivity index is 1.92. The minimum atomic E-state index is -0.730. The Hall–Kier alpha value is -3.94. The average Bonchev–Trinajstić information content (AvgIpc) is 2.67. The van der Waals surface area contributed by atoms with Gasteiger partial charge in [-0.1, -0.05) is 6.07 Å². The Morgan fingerprint density at radius 3 is 2.39 bits per heavy atom. The zero-order chi connectivity index (χ0) is 20.0. The molecule has 4 rings (SSSR count). The van der Waals surface area contributed by atoms with Crippen LogP contribution in [-0.2, 0) is 0 Å². The zero-order valence-electron chi connectivity index (χ0n) is 14.7. The zero-order valence-corrected chi connectivity index (χ0v) is 14.7. The molecule has 1 aliphatic rings. The number of imide groups is 1. The fraction of sp³-hybridized carbons (Fsp3) is 0.100. The summed E-state index contributed by atoms with van der Waals surface area (Å²) in [5.41, 5.74) is -0.0130. The molecule has 1 heterocycles. The number of nitrogens with zero attached hydrogens (tertiary/aromatic N) is 2. The number of hydrogen-bond acceptors (Lipinski definition) is 6. The van der Waals surface area contributed by atoms with Gasteiger partial charge in [0.25, 0.3) is 11.8 Å². The second-order valence-electron chi connectivity index (χ2n) is 6.15. The number of phenols is 1. The molecule has 2 amide bonds. The summed E-state index contributed by atoms with van der Waals surface area (Å²) in [7, 11) is 0. The van der Waals surface area contributed by atoms with E-state index in [1.165, 1.54) is 18.2 Å². The molecular formula is C20H14N2O6. The molecule has 0 saturated heterocycles. The number of ether oxygens (including phenoxy) is 1. The summed E-state index contributed by atoms with van der Waals surface area (Å²) >= 11 is 0. The average molecular weight is 378 g/mol. The third kappa shape index (κ3) is 2.46. The molecule has 0 radical (unpaired) electrons. The number of rotatable bonds is 4. The molecule has 8 heteroatoms. The van der Waals surface area contributed by atoms with Crippen molar-refractivity contribution >= 4 is 34.0 Å². The van der Waals surface area contributed by atoms with E-state index in [0.29, 0.717) is 18.0 Å². The number of benzene rings is 3. The van der Waals surface area contributed by atoms with E-state index in [-0.39, 0.29) is 21.9 Å². The quantitative estimate of drug-likeness (QED) is 0.421. The molecule has 1 N–H and O–H groups in total. The van der Waals surface area contributed by atoms with Crippen LogP contribution in [0.15, 0.2) is 48.5 Å². The fourth-order valence-electron chi connectivity index (χ4n) is 3.42. The molecule has 3 aromatic carbocycles. The van der Waals surface area contributed by atoms with E-state index in [0.717, 1.165) is 11.0 Å². The van der Waals surface area contributed by atoms with Gasteiger partial charge in [0.2, 0.25) is 0 Å². The predicted octanol–water partition coefficient (Wildman–Crippen LogP) is 3.65. The normalized spacial score (nSPS) is 13.1. The number of aromatic hydroxyl groups is 1. The summed E-state index contributed by atoms with van der Waals surface area (Å²) in [5, 5.41) is 21.7. The molecule has 1 aliphatic heterocycles. The lowest BCUT2D eigenvalue weighted by Crippen LogP contribution is -2.40. The highest BCUT2D eigenvalue weighted by Crippen LogP contribution is 2.41. The van der Waals surface area contributed by atoms with Crippen molar-refractivity contribution < 1.29 is 24.4 Å². The SMILES string of the molecule is CCOc1ccc(N2C(=O)c3cccc4c([N+](=O)[O-])c(O)cc(c34)C2=O)cc1. The van der Waals surface area contributed by atoms with Gasteiger partial charge in [0.1, 0.15) is 5.75 Å². The number of hydrogen-bond donors (Lipinski definition) is 1. The summed E-state index contributed by atoms with van der Waals surface area (Å²) in [6.07, 6.45) is 0. The lowest BCUT2D eigenvalue weighted by atomic mass is 9.92. The van der Waals surface area contributed by atoms with Crippen molar-refractivity contribution in [2.75, 3.05) is 11.5 Å². The first-order chi connectivity index (χ1) is 13.4. The van der Waals surface area contributed by atoms with Crippen LogP contribution in [0.2, 0.25) is 0 Å². The lowest BCUT2D eigenvalue weighted by Gasteiger charge is -2.27. The van der Waals surface area contributed by atoms with Crippen LogP contribution in [0, 0.1) is 10.1 Å². The maximum atomic E-state index is 13.1. The van der Waals surface area contributed by atoms with E-state index in [4.69, 9.17) is 4.74 Å². The highest BCUT2D eigenvalue weighted by molar-refractivity contribution is 6.36. The van der Waals surface area contributed by atoms with Gasteiger partial charge >= 0.3 is 5.69 Å². The first-order valence-corrected chi connectivity index (χ1v) is 8.48. The van der Waals surface area contributed by atoms with Gasteiger partial charge in [-0.2, -0.15) is 0 Å². The van der Waals surface area contributed by atoms with Crippen LogP contribution in [0.3, 0.4) is 0 Å². The molecule has 0 aliphatic carbocycles. The summed E-state index contributed by atoms with van der Waals surface area (Å²) in [6, 6.07) is 11.9. The van der Waals surface area contributed by atoms with E-state index in [1.807, 2.05) is 6.92 Å². The molecule has 3 aromatic rings. The monoisotopic (exact) mass is 378 g/mol. The molecule has 28 heavy (non-hydrogen) atoms. The van der Waals surface area contributed by atoms with E-state index in [9.17, 15) is 24.8 Å². The first-order valence-electron chi connectivity index (χ1n) is 8.48. The Morgan fingerprint density at radius 2 is 1.75 bits per heavy atom. The molecule has 0 aromatic heterocycles. The molecule has 0 fully saturated rings. The summed E-state index contributed by atoms with van der Waals surface area (Å²) in [6.45, 7) is 2.32. The van der Waals surface area contributed by atoms with Crippen molar-refractivity contribution in [2.45, 2.75) is 6.92 Å². The van der Waals surface area contributed by atoms with Gasteiger partial charge in [-0.25, -0.2) is 4.90 Å². The van der Waals surface area contributed by atoms with Crippen LogP contribution in [0.25, 0.3) is 10.8 Å². The number of carbonyl (C=O) groups is 2. The third-order valence-electron chi connectivity index (χ3n) is 4.57. The van der Waals surface area contributed by atoms with E-state index < -0.39 is 28.2 Å². The second kappa shape index (κ2) is 6.34. The van der Waals surface area contributed by atoms with Crippen LogP contribution < -0.4 is 9.64 Å². The van der Waals surface area contributed by atoms with Crippen molar-refractivity contribution in [3.63, 3.8) is 0 Å². The van der Waals surface area contributed by atoms with Gasteiger partial charge in [-0.3, -0.25) is 19.7 Å². The van der Waals surface area contributed by atoms with Gasteiger partial charge in [-0.15, -0.1) is 0 Å². The fourth-order valence-corrected chi connectivity index (χ4v) is 3.42. The van der Waals surface area contributed by atoms with E-state index in [2.05, 4.69) is 0 Å². The van der Waals surface area contributed by atoms with Gasteiger partial charge < -0.3 is 9.84 Å². The first kappa shape index (κ1) is 17.5. The number of phenolic OH excluding ortho intramolecular Hbond substituents is 1. The summed E-state index contributed by atoms with van der Waals surface area (Å²) < 4.78 is 5.37. The molecule has 0 bridgehead atoms. The van der Waals surface area contributed by atoms with E-state index in [1.54, 1.807) is 24.3 Å². The van der Waals surface area contributed by atoms with Gasteiger partial charge in [0, 0.05) is 17.0 Å². The Labute approximate surface area is 158 Å². The molecule has 0 atom stereocenters. The van der Waals surface area contributed by atoms with Crippen LogP contribution in [0.5, 0.6) is 11.5 Å². The maximum Gasteiger partial charge on any atom is 0.318 e. The standard InChI is InChI=1S/C20H14N2O6/c1-2-28-12-8-6-11(7-9-12)21-19(24)14-5-3-4-13-17(14)15(20(21)25)10-16(23)18(13)22(26)27/h3-10,23H,2H2,1H3. The molecule has 0 unspecified atom stereocenters. The van der Waals surface area contributed by atoms with Crippen LogP contribution >= 0.6 is 0 Å². The van der Waals surface area contributed by atoms with Crippen molar-refractivity contribution in [3.05, 3.63) is 69.8 Å². The predicted molar refractivity (Wildman–Crippen MR) is 101 cm³/mol. The number of nitro groups is 1. The van der Waals surface area contributed by atoms with Crippen molar-refractivity contribution in [3.8, 4) is 11.5 Å². The molecule has 0 saturated carbocycles. The topological polar surface area (TPSA) is 110 Å². The van der Waals surface area contributed by atoms with Crippen molar-refractivity contribution in [1.82, 2.24) is 0 Å². The molecule has 0 spiro atoms. The number of amides is 2. The van der Waals surface area contributed by atoms with Crippen molar-refractivity contribution in [1.29, 1.82) is 0 Å². The smallest absolute Gasteiger partial charge is 0.318 e. The number of anilines is 1. The Kier molecular flexibility index (Phi) is 3.96. The van der Waals surface area contributed by atoms with Gasteiger partial charge in [-0.05, 0) is 43.3 Å². The second-order valence-corrected chi connectivity index (χ2v) is 6.15. The Morgan fingerprint density at radius 1 is 1.07 bits per heavy atom. The van der Waals surface area contributed by atoms with Crippen LogP contribution in [0.1, 0.15) is 27.6 Å². The highest BCUT2D eigenvalue weighted by atomic mass is 16.6. The maximum absolute atomic E-state index is 13.1. The van der Waals surface area contributed by atoms with Crippen LogP contribution in [-0.4, -0.2) is 28.5 Å².